The Hall–Kier alpha value is -3.80. The van der Waals surface area contributed by atoms with Gasteiger partial charge >= 0.3 is 0 Å². The van der Waals surface area contributed by atoms with Crippen LogP contribution in [0.25, 0.3) is 22.4 Å². The van der Waals surface area contributed by atoms with Crippen molar-refractivity contribution in [3.8, 4) is 22.9 Å². The summed E-state index contributed by atoms with van der Waals surface area (Å²) in [6, 6.07) is 18.3. The van der Waals surface area contributed by atoms with Gasteiger partial charge in [0.1, 0.15) is 22.8 Å². The van der Waals surface area contributed by atoms with E-state index in [4.69, 9.17) is 20.2 Å². The molecule has 0 aliphatic carbocycles. The van der Waals surface area contributed by atoms with Gasteiger partial charge in [0.2, 0.25) is 0 Å². The van der Waals surface area contributed by atoms with E-state index in [9.17, 15) is 4.79 Å². The number of imidazole rings is 1. The second kappa shape index (κ2) is 7.31. The molecule has 0 unspecified atom stereocenters. The zero-order valence-corrected chi connectivity index (χ0v) is 16.5. The van der Waals surface area contributed by atoms with Crippen molar-refractivity contribution >= 4 is 22.5 Å². The van der Waals surface area contributed by atoms with Crippen LogP contribution in [-0.2, 0) is 7.05 Å². The lowest BCUT2D eigenvalue weighted by Crippen LogP contribution is -2.06. The number of benzene rings is 3. The molecule has 4 aromatic rings. The molecule has 146 valence electrons. The summed E-state index contributed by atoms with van der Waals surface area (Å²) in [6.07, 6.45) is 0. The Bertz CT molecular complexity index is 1190. The first-order valence-corrected chi connectivity index (χ1v) is 9.11. The summed E-state index contributed by atoms with van der Waals surface area (Å²) in [5.74, 6) is 2.09. The van der Waals surface area contributed by atoms with Crippen LogP contribution in [0.4, 0.5) is 5.69 Å². The van der Waals surface area contributed by atoms with Crippen LogP contribution in [0.15, 0.2) is 60.7 Å². The molecule has 29 heavy (non-hydrogen) atoms. The maximum atomic E-state index is 13.0. The number of ether oxygens (including phenoxy) is 2. The lowest BCUT2D eigenvalue weighted by atomic mass is 10.0. The number of aryl methyl sites for hydroxylation is 1. The van der Waals surface area contributed by atoms with Gasteiger partial charge in [0, 0.05) is 23.7 Å². The maximum Gasteiger partial charge on any atom is 0.195 e. The minimum atomic E-state index is -0.149. The fraction of sp³-hybridized carbons (Fsp3) is 0.130. The molecule has 6 heteroatoms. The highest BCUT2D eigenvalue weighted by atomic mass is 16.5. The normalized spacial score (nSPS) is 10.9. The van der Waals surface area contributed by atoms with Crippen molar-refractivity contribution in [1.29, 1.82) is 0 Å². The molecule has 4 rings (SSSR count). The molecule has 0 saturated heterocycles. The van der Waals surface area contributed by atoms with Crippen molar-refractivity contribution < 1.29 is 14.3 Å². The Morgan fingerprint density at radius 2 is 1.48 bits per heavy atom. The van der Waals surface area contributed by atoms with Crippen LogP contribution in [-0.4, -0.2) is 29.6 Å². The van der Waals surface area contributed by atoms with Crippen LogP contribution in [0, 0.1) is 0 Å². The molecule has 0 aliphatic heterocycles. The van der Waals surface area contributed by atoms with Gasteiger partial charge in [0.15, 0.2) is 5.78 Å². The number of carbonyl (C=O) groups is 1. The molecule has 0 bridgehead atoms. The first kappa shape index (κ1) is 18.6. The molecular weight excluding hydrogens is 366 g/mol. The lowest BCUT2D eigenvalue weighted by molar-refractivity contribution is 0.103. The fourth-order valence-electron chi connectivity index (χ4n) is 3.37. The second-order valence-corrected chi connectivity index (χ2v) is 6.68. The molecule has 1 heterocycles. The number of ketones is 1. The monoisotopic (exact) mass is 387 g/mol. The number of fused-ring (bicyclic) bond motifs is 1. The third-order valence-electron chi connectivity index (χ3n) is 5.04. The van der Waals surface area contributed by atoms with Crippen molar-refractivity contribution in [2.75, 3.05) is 20.0 Å². The summed E-state index contributed by atoms with van der Waals surface area (Å²) in [4.78, 5) is 17.7. The molecule has 0 spiro atoms. The summed E-state index contributed by atoms with van der Waals surface area (Å²) in [6.45, 7) is 0. The molecule has 3 aromatic carbocycles. The Morgan fingerprint density at radius 1 is 0.897 bits per heavy atom. The highest BCUT2D eigenvalue weighted by Crippen LogP contribution is 2.31. The van der Waals surface area contributed by atoms with E-state index in [1.807, 2.05) is 41.9 Å². The summed E-state index contributed by atoms with van der Waals surface area (Å²) in [7, 11) is 5.15. The molecule has 1 aromatic heterocycles. The standard InChI is InChI=1S/C23H21N3O3/c1-26-19-13-12-18(22(27)14-4-8-16(28-2)9-5-14)20(24)21(19)25-23(26)15-6-10-17(29-3)11-7-15/h4-13H,24H2,1-3H3. The van der Waals surface area contributed by atoms with Crippen LogP contribution in [0.2, 0.25) is 0 Å². The van der Waals surface area contributed by atoms with Gasteiger partial charge in [-0.15, -0.1) is 0 Å². The molecule has 0 saturated carbocycles. The Kier molecular flexibility index (Phi) is 4.68. The number of hydrogen-bond donors (Lipinski definition) is 1. The molecule has 6 nitrogen and oxygen atoms in total. The Labute approximate surface area is 168 Å². The molecule has 0 aliphatic rings. The van der Waals surface area contributed by atoms with Crippen LogP contribution in [0.5, 0.6) is 11.5 Å². The van der Waals surface area contributed by atoms with E-state index >= 15 is 0 Å². The van der Waals surface area contributed by atoms with Gasteiger partial charge in [-0.1, -0.05) is 0 Å². The number of methoxy groups -OCH3 is 2. The van der Waals surface area contributed by atoms with Crippen LogP contribution in [0.1, 0.15) is 15.9 Å². The van der Waals surface area contributed by atoms with Gasteiger partial charge in [-0.2, -0.15) is 0 Å². The minimum absolute atomic E-state index is 0.149. The molecule has 0 amide bonds. The zero-order chi connectivity index (χ0) is 20.5. The van der Waals surface area contributed by atoms with Gasteiger partial charge in [0.05, 0.1) is 25.4 Å². The van der Waals surface area contributed by atoms with E-state index < -0.39 is 0 Å². The van der Waals surface area contributed by atoms with E-state index in [1.165, 1.54) is 0 Å². The fourth-order valence-corrected chi connectivity index (χ4v) is 3.37. The molecule has 0 fully saturated rings. The minimum Gasteiger partial charge on any atom is -0.497 e. The predicted molar refractivity (Wildman–Crippen MR) is 114 cm³/mol. The molecule has 2 N–H and O–H groups in total. The number of nitrogens with two attached hydrogens (primary N) is 1. The SMILES string of the molecule is COc1ccc(C(=O)c2ccc3c(nc(-c4ccc(OC)cc4)n3C)c2N)cc1. The average Bonchev–Trinajstić information content (AvgIpc) is 3.11. The van der Waals surface area contributed by atoms with E-state index in [2.05, 4.69) is 0 Å². The number of hydrogen-bond acceptors (Lipinski definition) is 5. The third-order valence-corrected chi connectivity index (χ3v) is 5.04. The lowest BCUT2D eigenvalue weighted by Gasteiger charge is -2.07. The number of nitrogen functional groups attached to an aromatic ring is 1. The van der Waals surface area contributed by atoms with Crippen LogP contribution >= 0.6 is 0 Å². The zero-order valence-electron chi connectivity index (χ0n) is 16.5. The summed E-state index contributed by atoms with van der Waals surface area (Å²) in [5.41, 5.74) is 10.1. The highest BCUT2D eigenvalue weighted by Gasteiger charge is 2.19. The number of carbonyl (C=O) groups excluding carboxylic acids is 1. The van der Waals surface area contributed by atoms with Crippen LogP contribution < -0.4 is 15.2 Å². The summed E-state index contributed by atoms with van der Waals surface area (Å²) in [5, 5.41) is 0. The van der Waals surface area contributed by atoms with Crippen molar-refractivity contribution in [3.63, 3.8) is 0 Å². The molecular formula is C23H21N3O3. The third kappa shape index (κ3) is 3.18. The van der Waals surface area contributed by atoms with Gasteiger partial charge < -0.3 is 19.8 Å². The Morgan fingerprint density at radius 3 is 2.07 bits per heavy atom. The number of anilines is 1. The number of aromatic nitrogens is 2. The Balaban J connectivity index is 1.77. The van der Waals surface area contributed by atoms with Gasteiger partial charge in [-0.25, -0.2) is 4.98 Å². The summed E-state index contributed by atoms with van der Waals surface area (Å²) >= 11 is 0. The van der Waals surface area contributed by atoms with Gasteiger partial charge in [0.25, 0.3) is 0 Å². The van der Waals surface area contributed by atoms with E-state index in [1.54, 1.807) is 44.6 Å². The largest absolute Gasteiger partial charge is 0.497 e. The number of nitrogens with zero attached hydrogens (tertiary/aromatic N) is 2. The van der Waals surface area contributed by atoms with E-state index in [0.29, 0.717) is 28.1 Å². The average molecular weight is 387 g/mol. The summed E-state index contributed by atoms with van der Waals surface area (Å²) < 4.78 is 12.3. The second-order valence-electron chi connectivity index (χ2n) is 6.68. The first-order chi connectivity index (χ1) is 14.0. The quantitative estimate of drug-likeness (QED) is 0.412. The van der Waals surface area contributed by atoms with Crippen molar-refractivity contribution in [3.05, 3.63) is 71.8 Å². The van der Waals surface area contributed by atoms with Gasteiger partial charge in [-0.05, 0) is 60.7 Å². The van der Waals surface area contributed by atoms with E-state index in [0.717, 1.165) is 22.7 Å². The van der Waals surface area contributed by atoms with E-state index in [-0.39, 0.29) is 5.78 Å². The topological polar surface area (TPSA) is 79.4 Å². The highest BCUT2D eigenvalue weighted by molar-refractivity contribution is 6.15. The maximum absolute atomic E-state index is 13.0. The van der Waals surface area contributed by atoms with Crippen molar-refractivity contribution in [2.24, 2.45) is 7.05 Å². The number of rotatable bonds is 5. The van der Waals surface area contributed by atoms with Gasteiger partial charge in [-0.3, -0.25) is 4.79 Å². The molecule has 0 radical (unpaired) electrons. The molecule has 0 atom stereocenters. The van der Waals surface area contributed by atoms with Crippen molar-refractivity contribution in [2.45, 2.75) is 0 Å². The first-order valence-electron chi connectivity index (χ1n) is 9.11. The van der Waals surface area contributed by atoms with Crippen molar-refractivity contribution in [1.82, 2.24) is 9.55 Å². The predicted octanol–water partition coefficient (Wildman–Crippen LogP) is 4.07. The van der Waals surface area contributed by atoms with Crippen LogP contribution in [0.3, 0.4) is 0 Å². The smallest absolute Gasteiger partial charge is 0.195 e.